The van der Waals surface area contributed by atoms with E-state index in [9.17, 15) is 0 Å². The van der Waals surface area contributed by atoms with E-state index in [0.29, 0.717) is 27.6 Å². The molecule has 0 amide bonds. The van der Waals surface area contributed by atoms with Crippen molar-refractivity contribution in [3.05, 3.63) is 17.0 Å². The number of nitrogens with two attached hydrogens (primary N) is 2. The predicted molar refractivity (Wildman–Crippen MR) is 85.3 cm³/mol. The molecule has 0 spiro atoms. The van der Waals surface area contributed by atoms with E-state index in [1.165, 1.54) is 11.3 Å². The lowest BCUT2D eigenvalue weighted by Crippen LogP contribution is -2.23. The highest BCUT2D eigenvalue weighted by molar-refractivity contribution is 7.80. The van der Waals surface area contributed by atoms with Gasteiger partial charge < -0.3 is 26.5 Å². The molecule has 0 fully saturated rings. The number of thiazole rings is 1. The van der Waals surface area contributed by atoms with Gasteiger partial charge >= 0.3 is 0 Å². The van der Waals surface area contributed by atoms with Gasteiger partial charge in [-0.05, 0) is 24.7 Å². The van der Waals surface area contributed by atoms with Crippen LogP contribution in [0.25, 0.3) is 11.5 Å². The molecule has 0 saturated heterocycles. The number of aromatic nitrogens is 1. The number of aliphatic imine (C=N–C) groups is 1. The minimum atomic E-state index is -0.0243. The highest BCUT2D eigenvalue weighted by Gasteiger charge is 2.14. The predicted octanol–water partition coefficient (Wildman–Crippen LogP) is 1.53. The number of nitrogens with zero attached hydrogens (tertiary/aromatic N) is 2. The van der Waals surface area contributed by atoms with Crippen molar-refractivity contribution in [1.82, 2.24) is 10.3 Å². The SMILES string of the molecule is CNC(=S)Nc1cc(C)c(-c2csc(N=C(N)N)n2)o1. The van der Waals surface area contributed by atoms with Gasteiger partial charge in [0.1, 0.15) is 5.69 Å². The van der Waals surface area contributed by atoms with Gasteiger partial charge in [0.25, 0.3) is 0 Å². The fraction of sp³-hybridized carbons (Fsp3) is 0.182. The normalized spacial score (nSPS) is 10.1. The second-order valence-corrected chi connectivity index (χ2v) is 5.12. The molecule has 2 rings (SSSR count). The molecule has 2 heterocycles. The zero-order valence-electron chi connectivity index (χ0n) is 10.9. The second-order valence-electron chi connectivity index (χ2n) is 3.88. The van der Waals surface area contributed by atoms with Crippen LogP contribution < -0.4 is 22.1 Å². The van der Waals surface area contributed by atoms with Gasteiger partial charge in [-0.2, -0.15) is 4.99 Å². The van der Waals surface area contributed by atoms with E-state index >= 15 is 0 Å². The van der Waals surface area contributed by atoms with E-state index in [4.69, 9.17) is 28.1 Å². The summed E-state index contributed by atoms with van der Waals surface area (Å²) in [5.41, 5.74) is 12.2. The molecule has 106 valence electrons. The Balaban J connectivity index is 2.26. The van der Waals surface area contributed by atoms with Crippen molar-refractivity contribution in [3.8, 4) is 11.5 Å². The minimum Gasteiger partial charge on any atom is -0.438 e. The molecule has 0 aliphatic carbocycles. The summed E-state index contributed by atoms with van der Waals surface area (Å²) in [7, 11) is 1.73. The molecule has 0 aliphatic heterocycles. The summed E-state index contributed by atoms with van der Waals surface area (Å²) >= 11 is 6.35. The first-order chi connectivity index (χ1) is 9.49. The summed E-state index contributed by atoms with van der Waals surface area (Å²) in [6.07, 6.45) is 0. The molecule has 6 N–H and O–H groups in total. The van der Waals surface area contributed by atoms with Crippen LogP contribution in [-0.2, 0) is 0 Å². The van der Waals surface area contributed by atoms with Crippen molar-refractivity contribution < 1.29 is 4.42 Å². The van der Waals surface area contributed by atoms with Crippen LogP contribution in [0.4, 0.5) is 11.0 Å². The summed E-state index contributed by atoms with van der Waals surface area (Å²) in [6, 6.07) is 1.85. The van der Waals surface area contributed by atoms with Gasteiger partial charge in [-0.25, -0.2) is 4.98 Å². The van der Waals surface area contributed by atoms with Crippen molar-refractivity contribution in [3.63, 3.8) is 0 Å². The first-order valence-electron chi connectivity index (χ1n) is 5.64. The average molecular weight is 310 g/mol. The number of nitrogens with one attached hydrogen (secondary N) is 2. The number of furan rings is 1. The van der Waals surface area contributed by atoms with Crippen molar-refractivity contribution in [2.75, 3.05) is 12.4 Å². The van der Waals surface area contributed by atoms with Crippen molar-refractivity contribution in [2.45, 2.75) is 6.92 Å². The third-order valence-corrected chi connectivity index (χ3v) is 3.37. The van der Waals surface area contributed by atoms with E-state index in [1.54, 1.807) is 7.05 Å². The number of rotatable bonds is 3. The third-order valence-electron chi connectivity index (χ3n) is 2.33. The van der Waals surface area contributed by atoms with Crippen LogP contribution >= 0.6 is 23.6 Å². The van der Waals surface area contributed by atoms with Gasteiger partial charge in [-0.15, -0.1) is 11.3 Å². The maximum Gasteiger partial charge on any atom is 0.212 e. The lowest BCUT2D eigenvalue weighted by atomic mass is 10.2. The van der Waals surface area contributed by atoms with Crippen molar-refractivity contribution in [1.29, 1.82) is 0 Å². The first-order valence-corrected chi connectivity index (χ1v) is 6.93. The minimum absolute atomic E-state index is 0.0243. The summed E-state index contributed by atoms with van der Waals surface area (Å²) in [4.78, 5) is 8.19. The molecule has 7 nitrogen and oxygen atoms in total. The molecule has 0 aromatic carbocycles. The molecule has 2 aromatic rings. The first kappa shape index (κ1) is 14.3. The third kappa shape index (κ3) is 3.25. The average Bonchev–Trinajstić information content (AvgIpc) is 2.95. The molecular weight excluding hydrogens is 296 g/mol. The summed E-state index contributed by atoms with van der Waals surface area (Å²) in [5.74, 6) is 1.18. The molecule has 0 bridgehead atoms. The number of thiocarbonyl (C=S) groups is 1. The van der Waals surface area contributed by atoms with E-state index in [0.717, 1.165) is 5.56 Å². The molecule has 0 atom stereocenters. The maximum absolute atomic E-state index is 5.69. The van der Waals surface area contributed by atoms with Crippen LogP contribution in [0.2, 0.25) is 0 Å². The van der Waals surface area contributed by atoms with Crippen LogP contribution in [-0.4, -0.2) is 23.1 Å². The molecular formula is C11H14N6OS2. The Kier molecular flexibility index (Phi) is 4.20. The number of anilines is 1. The summed E-state index contributed by atoms with van der Waals surface area (Å²) < 4.78 is 5.69. The molecule has 0 saturated carbocycles. The highest BCUT2D eigenvalue weighted by Crippen LogP contribution is 2.32. The van der Waals surface area contributed by atoms with Gasteiger partial charge in [0.05, 0.1) is 0 Å². The number of aryl methyl sites for hydroxylation is 1. The van der Waals surface area contributed by atoms with Gasteiger partial charge in [0, 0.05) is 18.5 Å². The van der Waals surface area contributed by atoms with Crippen LogP contribution in [0.15, 0.2) is 20.9 Å². The Bertz CT molecular complexity index is 656. The van der Waals surface area contributed by atoms with E-state index < -0.39 is 0 Å². The summed E-state index contributed by atoms with van der Waals surface area (Å²) in [6.45, 7) is 1.92. The number of guanidine groups is 1. The van der Waals surface area contributed by atoms with Crippen LogP contribution in [0.1, 0.15) is 5.56 Å². The Morgan fingerprint density at radius 3 is 2.90 bits per heavy atom. The maximum atomic E-state index is 5.69. The Morgan fingerprint density at radius 1 is 1.50 bits per heavy atom. The molecule has 0 radical (unpaired) electrons. The van der Waals surface area contributed by atoms with E-state index in [-0.39, 0.29) is 5.96 Å². The Labute approximate surface area is 125 Å². The Morgan fingerprint density at radius 2 is 2.25 bits per heavy atom. The van der Waals surface area contributed by atoms with Gasteiger partial charge in [-0.1, -0.05) is 0 Å². The zero-order chi connectivity index (χ0) is 14.7. The van der Waals surface area contributed by atoms with E-state index in [2.05, 4.69) is 20.6 Å². The van der Waals surface area contributed by atoms with Crippen LogP contribution in [0.5, 0.6) is 0 Å². The van der Waals surface area contributed by atoms with Crippen LogP contribution in [0, 0.1) is 6.92 Å². The Hall–Kier alpha value is -2.13. The second kappa shape index (κ2) is 5.88. The largest absolute Gasteiger partial charge is 0.438 e. The molecule has 9 heteroatoms. The molecule has 2 aromatic heterocycles. The highest BCUT2D eigenvalue weighted by atomic mass is 32.1. The standard InChI is InChI=1S/C11H14N6OS2/c1-5-3-7(16-10(19)14-2)18-8(5)6-4-20-11(15-6)17-9(12)13/h3-4H,1-2H3,(H2,14,16,19)(H4,12,13,15,17). The summed E-state index contributed by atoms with van der Waals surface area (Å²) in [5, 5.41) is 8.52. The monoisotopic (exact) mass is 310 g/mol. The van der Waals surface area contributed by atoms with Gasteiger partial charge in [-0.3, -0.25) is 0 Å². The molecule has 0 unspecified atom stereocenters. The number of hydrogen-bond donors (Lipinski definition) is 4. The fourth-order valence-electron chi connectivity index (χ4n) is 1.50. The van der Waals surface area contributed by atoms with Gasteiger partial charge in [0.2, 0.25) is 5.13 Å². The van der Waals surface area contributed by atoms with Crippen molar-refractivity contribution in [2.24, 2.45) is 16.5 Å². The van der Waals surface area contributed by atoms with Crippen LogP contribution in [0.3, 0.4) is 0 Å². The van der Waals surface area contributed by atoms with E-state index in [1.807, 2.05) is 18.4 Å². The lowest BCUT2D eigenvalue weighted by molar-refractivity contribution is 0.597. The topological polar surface area (TPSA) is 114 Å². The number of hydrogen-bond acceptors (Lipinski definition) is 5. The molecule has 20 heavy (non-hydrogen) atoms. The fourth-order valence-corrected chi connectivity index (χ4v) is 2.29. The van der Waals surface area contributed by atoms with Gasteiger partial charge in [0.15, 0.2) is 22.7 Å². The molecule has 0 aliphatic rings. The lowest BCUT2D eigenvalue weighted by Gasteiger charge is -2.02. The quantitative estimate of drug-likeness (QED) is 0.386. The smallest absolute Gasteiger partial charge is 0.212 e. The zero-order valence-corrected chi connectivity index (χ0v) is 12.6. The van der Waals surface area contributed by atoms with Crippen molar-refractivity contribution >= 4 is 45.6 Å².